The predicted molar refractivity (Wildman–Crippen MR) is 63.7 cm³/mol. The summed E-state index contributed by atoms with van der Waals surface area (Å²) in [5, 5.41) is 11.8. The molecule has 1 heterocycles. The maximum atomic E-state index is 8.91. The Hall–Kier alpha value is -2.39. The summed E-state index contributed by atoms with van der Waals surface area (Å²) in [6.07, 6.45) is 0. The number of hydrogen-bond acceptors (Lipinski definition) is 6. The van der Waals surface area contributed by atoms with Gasteiger partial charge in [0.15, 0.2) is 0 Å². The summed E-state index contributed by atoms with van der Waals surface area (Å²) in [5.41, 5.74) is 6.49. The summed E-state index contributed by atoms with van der Waals surface area (Å²) in [5.74, 6) is 0.215. The summed E-state index contributed by atoms with van der Waals surface area (Å²) >= 11 is 5.64. The van der Waals surface area contributed by atoms with Crippen LogP contribution in [0.3, 0.4) is 0 Å². The molecule has 0 aliphatic rings. The zero-order chi connectivity index (χ0) is 12.3. The summed E-state index contributed by atoms with van der Waals surface area (Å²) < 4.78 is 0. The molecule has 0 saturated heterocycles. The summed E-state index contributed by atoms with van der Waals surface area (Å²) in [7, 11) is 0. The molecule has 2 rings (SSSR count). The molecule has 17 heavy (non-hydrogen) atoms. The van der Waals surface area contributed by atoms with Gasteiger partial charge in [0.05, 0.1) is 11.3 Å². The van der Waals surface area contributed by atoms with Crippen molar-refractivity contribution < 1.29 is 0 Å². The Morgan fingerprint density at radius 2 is 2.00 bits per heavy atom. The maximum Gasteiger partial charge on any atom is 0.233 e. The second kappa shape index (κ2) is 4.63. The Labute approximate surface area is 102 Å². The zero-order valence-corrected chi connectivity index (χ0v) is 9.31. The van der Waals surface area contributed by atoms with Crippen LogP contribution in [0.5, 0.6) is 0 Å². The first kappa shape index (κ1) is 11.1. The Balaban J connectivity index is 2.35. The van der Waals surface area contributed by atoms with E-state index < -0.39 is 0 Å². The van der Waals surface area contributed by atoms with E-state index in [-0.39, 0.29) is 17.2 Å². The first-order valence-corrected chi connectivity index (χ1v) is 5.00. The monoisotopic (exact) mass is 246 g/mol. The highest BCUT2D eigenvalue weighted by Gasteiger charge is 2.05. The number of nitrogens with zero attached hydrogens (tertiary/aromatic N) is 4. The molecule has 2 aromatic rings. The van der Waals surface area contributed by atoms with Crippen molar-refractivity contribution in [2.24, 2.45) is 0 Å². The molecule has 1 aromatic heterocycles. The smallest absolute Gasteiger partial charge is 0.233 e. The Morgan fingerprint density at radius 3 is 2.71 bits per heavy atom. The lowest BCUT2D eigenvalue weighted by Crippen LogP contribution is -2.04. The Kier molecular flexibility index (Phi) is 3.03. The van der Waals surface area contributed by atoms with Crippen LogP contribution in [0.2, 0.25) is 5.28 Å². The van der Waals surface area contributed by atoms with E-state index in [1.807, 2.05) is 6.07 Å². The number of nitrogens with two attached hydrogens (primary N) is 1. The lowest BCUT2D eigenvalue weighted by Gasteiger charge is -2.06. The minimum Gasteiger partial charge on any atom is -0.368 e. The van der Waals surface area contributed by atoms with Crippen molar-refractivity contribution in [2.45, 2.75) is 0 Å². The minimum atomic E-state index is -0.00515. The van der Waals surface area contributed by atoms with E-state index in [9.17, 15) is 0 Å². The van der Waals surface area contributed by atoms with Crippen LogP contribution in [0.25, 0.3) is 0 Å². The van der Waals surface area contributed by atoms with Gasteiger partial charge >= 0.3 is 0 Å². The minimum absolute atomic E-state index is 0.00515. The first-order valence-electron chi connectivity index (χ1n) is 4.62. The molecule has 0 fully saturated rings. The van der Waals surface area contributed by atoms with Gasteiger partial charge in [0, 0.05) is 0 Å². The van der Waals surface area contributed by atoms with Crippen LogP contribution in [-0.4, -0.2) is 15.0 Å². The molecule has 84 valence electrons. The molecule has 0 amide bonds. The van der Waals surface area contributed by atoms with Gasteiger partial charge < -0.3 is 11.1 Å². The Morgan fingerprint density at radius 1 is 1.24 bits per heavy atom. The van der Waals surface area contributed by atoms with Crippen LogP contribution in [0, 0.1) is 11.3 Å². The summed E-state index contributed by atoms with van der Waals surface area (Å²) in [6, 6.07) is 9.00. The van der Waals surface area contributed by atoms with Gasteiger partial charge in [0.2, 0.25) is 17.2 Å². The van der Waals surface area contributed by atoms with Crippen molar-refractivity contribution in [1.29, 1.82) is 5.26 Å². The second-order valence-corrected chi connectivity index (χ2v) is 3.41. The highest BCUT2D eigenvalue weighted by Crippen LogP contribution is 2.18. The normalized spacial score (nSPS) is 9.65. The summed E-state index contributed by atoms with van der Waals surface area (Å²) in [6.45, 7) is 0. The lowest BCUT2D eigenvalue weighted by atomic mass is 10.2. The van der Waals surface area contributed by atoms with Crippen LogP contribution in [0.1, 0.15) is 5.56 Å². The molecule has 0 aliphatic carbocycles. The van der Waals surface area contributed by atoms with Gasteiger partial charge in [-0.05, 0) is 23.7 Å². The maximum absolute atomic E-state index is 8.91. The van der Waals surface area contributed by atoms with Gasteiger partial charge in [-0.25, -0.2) is 0 Å². The average Bonchev–Trinajstić information content (AvgIpc) is 2.28. The van der Waals surface area contributed by atoms with E-state index in [2.05, 4.69) is 20.3 Å². The van der Waals surface area contributed by atoms with Crippen molar-refractivity contribution in [3.8, 4) is 6.07 Å². The van der Waals surface area contributed by atoms with E-state index in [4.69, 9.17) is 22.6 Å². The lowest BCUT2D eigenvalue weighted by molar-refractivity contribution is 1.07. The van der Waals surface area contributed by atoms with E-state index >= 15 is 0 Å². The quantitative estimate of drug-likeness (QED) is 0.837. The molecule has 3 N–H and O–H groups in total. The average molecular weight is 247 g/mol. The number of nitrogens with one attached hydrogen (secondary N) is 1. The predicted octanol–water partition coefficient (Wildman–Crippen LogP) is 1.72. The summed E-state index contributed by atoms with van der Waals surface area (Å²) in [4.78, 5) is 11.3. The topological polar surface area (TPSA) is 101 Å². The molecule has 7 heteroatoms. The fraction of sp³-hybridized carbons (Fsp3) is 0. The van der Waals surface area contributed by atoms with Crippen LogP contribution >= 0.6 is 11.6 Å². The first-order chi connectivity index (χ1) is 8.19. The number of aromatic nitrogens is 3. The third-order valence-electron chi connectivity index (χ3n) is 1.92. The second-order valence-electron chi connectivity index (χ2n) is 3.07. The molecule has 0 unspecified atom stereocenters. The largest absolute Gasteiger partial charge is 0.368 e. The number of halogens is 1. The fourth-order valence-corrected chi connectivity index (χ4v) is 1.40. The van der Waals surface area contributed by atoms with Gasteiger partial charge in [-0.15, -0.1) is 0 Å². The van der Waals surface area contributed by atoms with Crippen LogP contribution < -0.4 is 11.1 Å². The van der Waals surface area contributed by atoms with Gasteiger partial charge in [-0.3, -0.25) is 0 Å². The number of nitrogen functional groups attached to an aromatic ring is 1. The van der Waals surface area contributed by atoms with Crippen LogP contribution in [0.15, 0.2) is 24.3 Å². The van der Waals surface area contributed by atoms with Crippen LogP contribution in [-0.2, 0) is 0 Å². The van der Waals surface area contributed by atoms with E-state index in [0.29, 0.717) is 11.3 Å². The Bertz CT molecular complexity index is 571. The number of hydrogen-bond donors (Lipinski definition) is 2. The molecule has 0 aliphatic heterocycles. The number of para-hydroxylation sites is 1. The van der Waals surface area contributed by atoms with Crippen molar-refractivity contribution in [1.82, 2.24) is 15.0 Å². The third kappa shape index (κ3) is 2.59. The van der Waals surface area contributed by atoms with Gasteiger partial charge in [-0.1, -0.05) is 12.1 Å². The van der Waals surface area contributed by atoms with Gasteiger partial charge in [0.25, 0.3) is 0 Å². The van der Waals surface area contributed by atoms with Crippen molar-refractivity contribution >= 4 is 29.2 Å². The molecule has 0 bridgehead atoms. The molecule has 1 aromatic carbocycles. The van der Waals surface area contributed by atoms with E-state index in [0.717, 1.165) is 0 Å². The van der Waals surface area contributed by atoms with E-state index in [1.54, 1.807) is 24.3 Å². The van der Waals surface area contributed by atoms with Crippen molar-refractivity contribution in [3.05, 3.63) is 35.1 Å². The van der Waals surface area contributed by atoms with Gasteiger partial charge in [0.1, 0.15) is 6.07 Å². The number of nitriles is 1. The van der Waals surface area contributed by atoms with Crippen LogP contribution in [0.4, 0.5) is 17.6 Å². The van der Waals surface area contributed by atoms with E-state index in [1.165, 1.54) is 0 Å². The zero-order valence-electron chi connectivity index (χ0n) is 8.55. The third-order valence-corrected chi connectivity index (χ3v) is 2.09. The molecule has 0 radical (unpaired) electrons. The van der Waals surface area contributed by atoms with Gasteiger partial charge in [-0.2, -0.15) is 20.2 Å². The molecule has 0 saturated carbocycles. The highest BCUT2D eigenvalue weighted by molar-refractivity contribution is 6.28. The molecular formula is C10H7ClN6. The highest BCUT2D eigenvalue weighted by atomic mass is 35.5. The molecule has 0 atom stereocenters. The SMILES string of the molecule is N#Cc1ccccc1Nc1nc(N)nc(Cl)n1. The number of anilines is 3. The molecule has 6 nitrogen and oxygen atoms in total. The molecular weight excluding hydrogens is 240 g/mol. The van der Waals surface area contributed by atoms with Crippen molar-refractivity contribution in [3.63, 3.8) is 0 Å². The molecule has 0 spiro atoms. The fourth-order valence-electron chi connectivity index (χ4n) is 1.23. The standard InChI is InChI=1S/C10H7ClN6/c11-8-15-9(13)17-10(16-8)14-7-4-2-1-3-6(7)5-12/h1-4H,(H3,13,14,15,16,17). The van der Waals surface area contributed by atoms with Crippen molar-refractivity contribution in [2.75, 3.05) is 11.1 Å². The number of rotatable bonds is 2. The number of benzene rings is 1.